The SMILES string of the molecule is Cc1ccnc(OC2[C@@H]3CNC[C@H]2C3)c1. The number of fused-ring (bicyclic) bond motifs is 2. The molecule has 0 radical (unpaired) electrons. The molecule has 3 heteroatoms. The first-order chi connectivity index (χ1) is 7.33. The Kier molecular flexibility index (Phi) is 2.13. The van der Waals surface area contributed by atoms with E-state index in [9.17, 15) is 0 Å². The minimum atomic E-state index is 0.403. The molecule has 1 aromatic heterocycles. The lowest BCUT2D eigenvalue weighted by Crippen LogP contribution is -2.59. The zero-order valence-electron chi connectivity index (χ0n) is 8.94. The highest BCUT2D eigenvalue weighted by atomic mass is 16.5. The summed E-state index contributed by atoms with van der Waals surface area (Å²) in [6, 6.07) is 4.01. The third-order valence-corrected chi connectivity index (χ3v) is 3.49. The maximum atomic E-state index is 5.95. The number of hydrogen-bond donors (Lipinski definition) is 1. The molecule has 1 saturated heterocycles. The van der Waals surface area contributed by atoms with Crippen LogP contribution in [0.2, 0.25) is 0 Å². The van der Waals surface area contributed by atoms with Gasteiger partial charge in [0, 0.05) is 37.2 Å². The second-order valence-corrected chi connectivity index (χ2v) is 4.67. The molecule has 0 amide bonds. The summed E-state index contributed by atoms with van der Waals surface area (Å²) in [5, 5.41) is 3.41. The topological polar surface area (TPSA) is 34.1 Å². The summed E-state index contributed by atoms with van der Waals surface area (Å²) in [7, 11) is 0. The first kappa shape index (κ1) is 9.16. The van der Waals surface area contributed by atoms with Crippen LogP contribution in [0.15, 0.2) is 18.3 Å². The third-order valence-electron chi connectivity index (χ3n) is 3.49. The van der Waals surface area contributed by atoms with Gasteiger partial charge in [-0.3, -0.25) is 0 Å². The number of hydrogen-bond acceptors (Lipinski definition) is 3. The fourth-order valence-electron chi connectivity index (χ4n) is 2.60. The lowest BCUT2D eigenvalue weighted by atomic mass is 9.69. The number of piperidine rings is 2. The fraction of sp³-hybridized carbons (Fsp3) is 0.583. The summed E-state index contributed by atoms with van der Waals surface area (Å²) in [5.74, 6) is 2.19. The molecule has 1 aromatic rings. The van der Waals surface area contributed by atoms with Gasteiger partial charge >= 0.3 is 0 Å². The van der Waals surface area contributed by atoms with Gasteiger partial charge < -0.3 is 10.1 Å². The molecule has 1 unspecified atom stereocenters. The zero-order valence-corrected chi connectivity index (χ0v) is 8.94. The Balaban J connectivity index is 1.70. The van der Waals surface area contributed by atoms with Gasteiger partial charge in [0.25, 0.3) is 0 Å². The number of nitrogens with one attached hydrogen (secondary N) is 1. The maximum Gasteiger partial charge on any atom is 0.213 e. The van der Waals surface area contributed by atoms with Crippen molar-refractivity contribution in [1.29, 1.82) is 0 Å². The molecule has 2 aliphatic rings. The molecular formula is C12H16N2O. The second kappa shape index (κ2) is 3.49. The highest BCUT2D eigenvalue weighted by molar-refractivity contribution is 5.19. The summed E-state index contributed by atoms with van der Waals surface area (Å²) in [6.07, 6.45) is 3.54. The Hall–Kier alpha value is -1.09. The molecule has 3 nitrogen and oxygen atoms in total. The van der Waals surface area contributed by atoms with E-state index in [-0.39, 0.29) is 0 Å². The molecule has 3 atom stereocenters. The number of ether oxygens (including phenoxy) is 1. The summed E-state index contributed by atoms with van der Waals surface area (Å²) >= 11 is 0. The molecule has 1 saturated carbocycles. The lowest BCUT2D eigenvalue weighted by Gasteiger charge is -2.48. The summed E-state index contributed by atoms with van der Waals surface area (Å²) in [4.78, 5) is 4.25. The average molecular weight is 204 g/mol. The number of pyridine rings is 1. The molecule has 80 valence electrons. The van der Waals surface area contributed by atoms with Gasteiger partial charge in [0.2, 0.25) is 5.88 Å². The molecule has 1 aliphatic heterocycles. The smallest absolute Gasteiger partial charge is 0.213 e. The quantitative estimate of drug-likeness (QED) is 0.790. The van der Waals surface area contributed by atoms with Gasteiger partial charge in [-0.05, 0) is 25.0 Å². The highest BCUT2D eigenvalue weighted by Gasteiger charge is 2.45. The average Bonchev–Trinajstić information content (AvgIpc) is 2.27. The van der Waals surface area contributed by atoms with E-state index in [1.54, 1.807) is 0 Å². The molecule has 2 fully saturated rings. The molecule has 2 heterocycles. The largest absolute Gasteiger partial charge is 0.474 e. The Morgan fingerprint density at radius 3 is 2.87 bits per heavy atom. The summed E-state index contributed by atoms with van der Waals surface area (Å²) in [5.41, 5.74) is 1.21. The van der Waals surface area contributed by atoms with E-state index >= 15 is 0 Å². The maximum absolute atomic E-state index is 5.95. The van der Waals surface area contributed by atoms with Crippen molar-refractivity contribution in [3.05, 3.63) is 23.9 Å². The van der Waals surface area contributed by atoms with Crippen LogP contribution < -0.4 is 10.1 Å². The minimum absolute atomic E-state index is 0.403. The molecule has 2 bridgehead atoms. The van der Waals surface area contributed by atoms with Gasteiger partial charge in [0.05, 0.1) is 0 Å². The van der Waals surface area contributed by atoms with E-state index in [1.807, 2.05) is 18.3 Å². The van der Waals surface area contributed by atoms with Crippen molar-refractivity contribution in [3.8, 4) is 5.88 Å². The minimum Gasteiger partial charge on any atom is -0.474 e. The van der Waals surface area contributed by atoms with Crippen molar-refractivity contribution < 1.29 is 4.74 Å². The van der Waals surface area contributed by atoms with E-state index in [4.69, 9.17) is 4.74 Å². The fourth-order valence-corrected chi connectivity index (χ4v) is 2.60. The van der Waals surface area contributed by atoms with Gasteiger partial charge in [-0.2, -0.15) is 0 Å². The number of rotatable bonds is 2. The Labute approximate surface area is 89.9 Å². The van der Waals surface area contributed by atoms with Crippen LogP contribution in [0.25, 0.3) is 0 Å². The molecule has 3 rings (SSSR count). The first-order valence-corrected chi connectivity index (χ1v) is 5.63. The van der Waals surface area contributed by atoms with E-state index in [2.05, 4.69) is 17.2 Å². The third kappa shape index (κ3) is 1.61. The van der Waals surface area contributed by atoms with Crippen LogP contribution in [0.3, 0.4) is 0 Å². The monoisotopic (exact) mass is 204 g/mol. The van der Waals surface area contributed by atoms with Crippen LogP contribution in [0, 0.1) is 18.8 Å². The van der Waals surface area contributed by atoms with Crippen LogP contribution in [-0.4, -0.2) is 24.2 Å². The van der Waals surface area contributed by atoms with Crippen molar-refractivity contribution in [1.82, 2.24) is 10.3 Å². The number of nitrogens with zero attached hydrogens (tertiary/aromatic N) is 1. The second-order valence-electron chi connectivity index (χ2n) is 4.67. The highest BCUT2D eigenvalue weighted by Crippen LogP contribution is 2.39. The van der Waals surface area contributed by atoms with Gasteiger partial charge in [-0.15, -0.1) is 0 Å². The molecule has 15 heavy (non-hydrogen) atoms. The number of aromatic nitrogens is 1. The van der Waals surface area contributed by atoms with Crippen LogP contribution in [0.5, 0.6) is 5.88 Å². The van der Waals surface area contributed by atoms with Gasteiger partial charge in [-0.1, -0.05) is 0 Å². The Bertz CT molecular complexity index is 352. The van der Waals surface area contributed by atoms with Gasteiger partial charge in [0.1, 0.15) is 6.10 Å². The van der Waals surface area contributed by atoms with Gasteiger partial charge in [0.15, 0.2) is 0 Å². The lowest BCUT2D eigenvalue weighted by molar-refractivity contribution is -0.0470. The van der Waals surface area contributed by atoms with E-state index < -0.39 is 0 Å². The number of aryl methyl sites for hydroxylation is 1. The molecule has 0 aromatic carbocycles. The van der Waals surface area contributed by atoms with Gasteiger partial charge in [-0.25, -0.2) is 4.98 Å². The van der Waals surface area contributed by atoms with Crippen molar-refractivity contribution in [3.63, 3.8) is 0 Å². The standard InChI is InChI=1S/C12H16N2O/c1-8-2-3-14-11(4-8)15-12-9-5-10(12)7-13-6-9/h2-4,9-10,12-13H,5-7H2,1H3/t9-,10+,12?. The van der Waals surface area contributed by atoms with Crippen LogP contribution in [-0.2, 0) is 0 Å². The Morgan fingerprint density at radius 2 is 2.20 bits per heavy atom. The van der Waals surface area contributed by atoms with E-state index in [0.717, 1.165) is 19.0 Å². The normalized spacial score (nSPS) is 33.3. The van der Waals surface area contributed by atoms with Crippen LogP contribution in [0.1, 0.15) is 12.0 Å². The summed E-state index contributed by atoms with van der Waals surface area (Å²) < 4.78 is 5.95. The van der Waals surface area contributed by atoms with Crippen molar-refractivity contribution in [2.45, 2.75) is 19.4 Å². The predicted octanol–water partition coefficient (Wildman–Crippen LogP) is 1.38. The van der Waals surface area contributed by atoms with Crippen molar-refractivity contribution in [2.24, 2.45) is 11.8 Å². The Morgan fingerprint density at radius 1 is 1.40 bits per heavy atom. The molecular weight excluding hydrogens is 188 g/mol. The molecule has 0 spiro atoms. The van der Waals surface area contributed by atoms with Crippen molar-refractivity contribution in [2.75, 3.05) is 13.1 Å². The summed E-state index contributed by atoms with van der Waals surface area (Å²) in [6.45, 7) is 4.28. The predicted molar refractivity (Wildman–Crippen MR) is 57.9 cm³/mol. The van der Waals surface area contributed by atoms with Crippen molar-refractivity contribution >= 4 is 0 Å². The molecule has 1 N–H and O–H groups in total. The van der Waals surface area contributed by atoms with E-state index in [1.165, 1.54) is 12.0 Å². The first-order valence-electron chi connectivity index (χ1n) is 5.63. The zero-order chi connectivity index (χ0) is 10.3. The van der Waals surface area contributed by atoms with E-state index in [0.29, 0.717) is 17.9 Å². The molecule has 1 aliphatic carbocycles. The van der Waals surface area contributed by atoms with Crippen LogP contribution >= 0.6 is 0 Å². The van der Waals surface area contributed by atoms with Crippen LogP contribution in [0.4, 0.5) is 0 Å².